The zero-order valence-electron chi connectivity index (χ0n) is 14.8. The lowest BCUT2D eigenvalue weighted by Crippen LogP contribution is -2.56. The first-order chi connectivity index (χ1) is 10.0. The van der Waals surface area contributed by atoms with Gasteiger partial charge < -0.3 is 0 Å². The first kappa shape index (κ1) is 16.8. The lowest BCUT2D eigenvalue weighted by atomic mass is 9.79. The van der Waals surface area contributed by atoms with E-state index < -0.39 is 5.60 Å². The van der Waals surface area contributed by atoms with Crippen LogP contribution < -0.4 is 10.4 Å². The molecule has 0 aromatic heterocycles. The smallest absolute Gasteiger partial charge is 0.287 e. The van der Waals surface area contributed by atoms with Crippen molar-refractivity contribution in [3.05, 3.63) is 29.3 Å². The van der Waals surface area contributed by atoms with E-state index in [0.717, 1.165) is 17.7 Å². The summed E-state index contributed by atoms with van der Waals surface area (Å²) in [6, 6.07) is 6.03. The number of nitrogens with one attached hydrogen (secondary N) is 1. The summed E-state index contributed by atoms with van der Waals surface area (Å²) in [4.78, 5) is 20.1. The molecule has 1 aliphatic heterocycles. The van der Waals surface area contributed by atoms with Crippen LogP contribution in [-0.2, 0) is 4.84 Å². The third-order valence-electron chi connectivity index (χ3n) is 4.08. The maximum atomic E-state index is 12.8. The van der Waals surface area contributed by atoms with Crippen LogP contribution in [0.3, 0.4) is 0 Å². The van der Waals surface area contributed by atoms with Gasteiger partial charge in [-0.25, -0.2) is 10.3 Å². The predicted molar refractivity (Wildman–Crippen MR) is 90.1 cm³/mol. The molecule has 0 spiro atoms. The Hall–Kier alpha value is -1.55. The van der Waals surface area contributed by atoms with Crippen molar-refractivity contribution in [1.29, 1.82) is 0 Å². The summed E-state index contributed by atoms with van der Waals surface area (Å²) >= 11 is 0. The number of para-hydroxylation sites is 1. The maximum absolute atomic E-state index is 12.8. The zero-order valence-corrected chi connectivity index (χ0v) is 14.8. The molecular weight excluding hydrogens is 276 g/mol. The van der Waals surface area contributed by atoms with Crippen LogP contribution in [0, 0.1) is 6.92 Å². The molecule has 2 rings (SSSR count). The number of hydrogen-bond donors (Lipinski definition) is 1. The van der Waals surface area contributed by atoms with Crippen molar-refractivity contribution >= 4 is 11.7 Å². The lowest BCUT2D eigenvalue weighted by molar-refractivity contribution is -0.0524. The highest BCUT2D eigenvalue weighted by Gasteiger charge is 2.41. The Morgan fingerprint density at radius 1 is 1.36 bits per heavy atom. The number of hydroxylamine groups is 1. The highest BCUT2D eigenvalue weighted by Crippen LogP contribution is 2.44. The van der Waals surface area contributed by atoms with Gasteiger partial charge in [-0.2, -0.15) is 0 Å². The Labute approximate surface area is 133 Å². The molecular formula is C18H28N2O2. The monoisotopic (exact) mass is 304 g/mol. The molecule has 4 nitrogen and oxygen atoms in total. The van der Waals surface area contributed by atoms with E-state index in [9.17, 15) is 4.79 Å². The van der Waals surface area contributed by atoms with Crippen LogP contribution in [0.4, 0.5) is 10.5 Å². The van der Waals surface area contributed by atoms with Crippen molar-refractivity contribution in [3.8, 4) is 0 Å². The van der Waals surface area contributed by atoms with E-state index >= 15 is 0 Å². The van der Waals surface area contributed by atoms with Crippen LogP contribution in [0.5, 0.6) is 0 Å². The number of aryl methyl sites for hydroxylation is 1. The SMILES string of the molecule is Cc1cccc2c1N(C(=O)NOC(C)(C)C)C(C)(C)CC2C. The van der Waals surface area contributed by atoms with E-state index in [-0.39, 0.29) is 11.6 Å². The molecule has 1 unspecified atom stereocenters. The lowest BCUT2D eigenvalue weighted by Gasteiger charge is -2.46. The molecule has 1 aromatic carbocycles. The molecule has 22 heavy (non-hydrogen) atoms. The van der Waals surface area contributed by atoms with Gasteiger partial charge in [0.05, 0.1) is 11.3 Å². The van der Waals surface area contributed by atoms with E-state index in [0.29, 0.717) is 5.92 Å². The summed E-state index contributed by atoms with van der Waals surface area (Å²) in [6.45, 7) is 14.2. The minimum atomic E-state index is -0.419. The standard InChI is InChI=1S/C18H28N2O2/c1-12-9-8-10-14-13(2)11-18(6,7)20(15(12)14)16(21)19-22-17(3,4)5/h8-10,13H,11H2,1-7H3,(H,19,21). The van der Waals surface area contributed by atoms with Crippen LogP contribution in [-0.4, -0.2) is 17.2 Å². The van der Waals surface area contributed by atoms with E-state index in [1.807, 2.05) is 25.7 Å². The minimum Gasteiger partial charge on any atom is -0.287 e. The number of carbonyl (C=O) groups is 1. The van der Waals surface area contributed by atoms with Crippen molar-refractivity contribution < 1.29 is 9.63 Å². The van der Waals surface area contributed by atoms with Gasteiger partial charge in [0.2, 0.25) is 0 Å². The second-order valence-corrected chi connectivity index (χ2v) is 7.89. The molecule has 122 valence electrons. The van der Waals surface area contributed by atoms with Crippen LogP contribution in [0.15, 0.2) is 18.2 Å². The average Bonchev–Trinajstić information content (AvgIpc) is 2.36. The summed E-state index contributed by atoms with van der Waals surface area (Å²) in [5, 5.41) is 0. The third kappa shape index (κ3) is 3.27. The quantitative estimate of drug-likeness (QED) is 0.775. The Balaban J connectivity index is 2.41. The number of benzene rings is 1. The summed E-state index contributed by atoms with van der Waals surface area (Å²) in [5.74, 6) is 0.428. The van der Waals surface area contributed by atoms with E-state index in [1.165, 1.54) is 5.56 Å². The summed E-state index contributed by atoms with van der Waals surface area (Å²) < 4.78 is 0. The van der Waals surface area contributed by atoms with Crippen LogP contribution >= 0.6 is 0 Å². The van der Waals surface area contributed by atoms with Crippen LogP contribution in [0.2, 0.25) is 0 Å². The van der Waals surface area contributed by atoms with Crippen molar-refractivity contribution in [3.63, 3.8) is 0 Å². The molecule has 2 amide bonds. The third-order valence-corrected chi connectivity index (χ3v) is 4.08. The normalized spacial score (nSPS) is 20.5. The summed E-state index contributed by atoms with van der Waals surface area (Å²) in [5.41, 5.74) is 5.29. The fourth-order valence-corrected chi connectivity index (χ4v) is 3.26. The molecule has 4 heteroatoms. The molecule has 1 aromatic rings. The Bertz CT molecular complexity index is 573. The van der Waals surface area contributed by atoms with E-state index in [4.69, 9.17) is 4.84 Å². The van der Waals surface area contributed by atoms with Gasteiger partial charge >= 0.3 is 6.03 Å². The zero-order chi connectivity index (χ0) is 16.7. The first-order valence-electron chi connectivity index (χ1n) is 7.91. The largest absolute Gasteiger partial charge is 0.346 e. The van der Waals surface area contributed by atoms with Gasteiger partial charge in [-0.3, -0.25) is 9.74 Å². The number of fused-ring (bicyclic) bond motifs is 1. The first-order valence-corrected chi connectivity index (χ1v) is 7.91. The van der Waals surface area contributed by atoms with Crippen LogP contribution in [0.1, 0.15) is 65.0 Å². The summed E-state index contributed by atoms with van der Waals surface area (Å²) in [7, 11) is 0. The molecule has 0 radical (unpaired) electrons. The molecule has 0 saturated carbocycles. The van der Waals surface area contributed by atoms with Crippen molar-refractivity contribution in [2.24, 2.45) is 0 Å². The number of amides is 2. The molecule has 0 fully saturated rings. The molecule has 0 bridgehead atoms. The molecule has 0 saturated heterocycles. The predicted octanol–water partition coefficient (Wildman–Crippen LogP) is 4.53. The molecule has 0 aliphatic carbocycles. The number of urea groups is 1. The van der Waals surface area contributed by atoms with Gasteiger partial charge in [-0.1, -0.05) is 25.1 Å². The van der Waals surface area contributed by atoms with Crippen molar-refractivity contribution in [2.75, 3.05) is 4.90 Å². The number of carbonyl (C=O) groups excluding carboxylic acids is 1. The van der Waals surface area contributed by atoms with E-state index in [1.54, 1.807) is 0 Å². The fraction of sp³-hybridized carbons (Fsp3) is 0.611. The van der Waals surface area contributed by atoms with Gasteiger partial charge in [0.15, 0.2) is 0 Å². The van der Waals surface area contributed by atoms with E-state index in [2.05, 4.69) is 51.4 Å². The molecule has 1 heterocycles. The van der Waals surface area contributed by atoms with Gasteiger partial charge in [0.25, 0.3) is 0 Å². The number of hydrogen-bond acceptors (Lipinski definition) is 2. The Kier molecular flexibility index (Phi) is 4.26. The maximum Gasteiger partial charge on any atom is 0.346 e. The Morgan fingerprint density at radius 3 is 2.59 bits per heavy atom. The molecule has 1 N–H and O–H groups in total. The number of anilines is 1. The van der Waals surface area contributed by atoms with Crippen molar-refractivity contribution in [2.45, 2.75) is 71.9 Å². The fourth-order valence-electron chi connectivity index (χ4n) is 3.26. The second-order valence-electron chi connectivity index (χ2n) is 7.89. The summed E-state index contributed by atoms with van der Waals surface area (Å²) in [6.07, 6.45) is 0.923. The topological polar surface area (TPSA) is 41.6 Å². The van der Waals surface area contributed by atoms with Gasteiger partial charge in [0.1, 0.15) is 0 Å². The highest BCUT2D eigenvalue weighted by molar-refractivity contribution is 5.95. The average molecular weight is 304 g/mol. The second kappa shape index (κ2) is 5.58. The van der Waals surface area contributed by atoms with Gasteiger partial charge in [-0.05, 0) is 65.0 Å². The van der Waals surface area contributed by atoms with Crippen LogP contribution in [0.25, 0.3) is 0 Å². The van der Waals surface area contributed by atoms with Crippen molar-refractivity contribution in [1.82, 2.24) is 5.48 Å². The van der Waals surface area contributed by atoms with Gasteiger partial charge in [0, 0.05) is 5.54 Å². The van der Waals surface area contributed by atoms with Gasteiger partial charge in [-0.15, -0.1) is 0 Å². The minimum absolute atomic E-state index is 0.206. The Morgan fingerprint density at radius 2 is 2.00 bits per heavy atom. The number of nitrogens with zero attached hydrogens (tertiary/aromatic N) is 1. The highest BCUT2D eigenvalue weighted by atomic mass is 16.7. The molecule has 1 aliphatic rings. The number of rotatable bonds is 1. The molecule has 1 atom stereocenters.